The summed E-state index contributed by atoms with van der Waals surface area (Å²) in [5.41, 5.74) is 1.18. The van der Waals surface area contributed by atoms with Crippen molar-refractivity contribution in [1.82, 2.24) is 20.0 Å². The summed E-state index contributed by atoms with van der Waals surface area (Å²) in [6.07, 6.45) is 4.22. The first-order valence-electron chi connectivity index (χ1n) is 7.63. The Bertz CT molecular complexity index is 430. The van der Waals surface area contributed by atoms with E-state index < -0.39 is 0 Å². The van der Waals surface area contributed by atoms with E-state index in [0.717, 1.165) is 37.0 Å². The van der Waals surface area contributed by atoms with Crippen LogP contribution in [-0.4, -0.2) is 41.9 Å². The molecular weight excluding hydrogens is 272 g/mol. The molecule has 0 amide bonds. The maximum atomic E-state index is 6.42. The van der Waals surface area contributed by atoms with Gasteiger partial charge in [-0.2, -0.15) is 5.10 Å². The maximum absolute atomic E-state index is 6.42. The summed E-state index contributed by atoms with van der Waals surface area (Å²) in [5, 5.41) is 8.95. The molecule has 1 N–H and O–H groups in total. The van der Waals surface area contributed by atoms with E-state index in [2.05, 4.69) is 47.9 Å². The molecule has 0 spiro atoms. The molecule has 0 bridgehead atoms. The lowest BCUT2D eigenvalue weighted by Crippen LogP contribution is -2.29. The third-order valence-corrected chi connectivity index (χ3v) is 4.39. The molecule has 1 saturated carbocycles. The van der Waals surface area contributed by atoms with Crippen molar-refractivity contribution in [3.8, 4) is 0 Å². The van der Waals surface area contributed by atoms with Crippen molar-refractivity contribution in [1.29, 1.82) is 0 Å². The first-order valence-corrected chi connectivity index (χ1v) is 8.01. The first-order chi connectivity index (χ1) is 9.54. The van der Waals surface area contributed by atoms with Crippen LogP contribution in [0.5, 0.6) is 0 Å². The van der Waals surface area contributed by atoms with Gasteiger partial charge in [0.05, 0.1) is 29.5 Å². The topological polar surface area (TPSA) is 33.1 Å². The number of aromatic nitrogens is 2. The zero-order valence-electron chi connectivity index (χ0n) is 13.1. The SMILES string of the molecule is CCCNC(c1c(Cl)cnn1CCN(C)C)C1CC1C. The smallest absolute Gasteiger partial charge is 0.0834 e. The third-order valence-electron chi connectivity index (χ3n) is 4.10. The highest BCUT2D eigenvalue weighted by Crippen LogP contribution is 2.48. The van der Waals surface area contributed by atoms with Crippen molar-refractivity contribution in [3.05, 3.63) is 16.9 Å². The first kappa shape index (κ1) is 15.8. The van der Waals surface area contributed by atoms with Gasteiger partial charge in [0.15, 0.2) is 0 Å². The van der Waals surface area contributed by atoms with Gasteiger partial charge in [-0.15, -0.1) is 0 Å². The fourth-order valence-electron chi connectivity index (χ4n) is 2.72. The van der Waals surface area contributed by atoms with Crippen molar-refractivity contribution in [2.45, 2.75) is 39.3 Å². The van der Waals surface area contributed by atoms with Gasteiger partial charge in [-0.1, -0.05) is 25.4 Å². The van der Waals surface area contributed by atoms with Crippen molar-refractivity contribution in [3.63, 3.8) is 0 Å². The van der Waals surface area contributed by atoms with Crippen LogP contribution >= 0.6 is 11.6 Å². The van der Waals surface area contributed by atoms with E-state index in [1.807, 2.05) is 0 Å². The molecule has 114 valence electrons. The van der Waals surface area contributed by atoms with Gasteiger partial charge in [-0.25, -0.2) is 0 Å². The number of halogens is 1. The number of rotatable bonds is 8. The molecule has 1 fully saturated rings. The van der Waals surface area contributed by atoms with Gasteiger partial charge >= 0.3 is 0 Å². The molecule has 0 aliphatic heterocycles. The number of hydrogen-bond donors (Lipinski definition) is 1. The molecule has 1 aliphatic rings. The largest absolute Gasteiger partial charge is 0.308 e. The Labute approximate surface area is 127 Å². The van der Waals surface area contributed by atoms with Gasteiger partial charge in [-0.3, -0.25) is 4.68 Å². The van der Waals surface area contributed by atoms with E-state index in [4.69, 9.17) is 11.6 Å². The molecule has 1 aliphatic carbocycles. The second kappa shape index (κ2) is 6.92. The maximum Gasteiger partial charge on any atom is 0.0834 e. The molecule has 1 heterocycles. The van der Waals surface area contributed by atoms with Crippen molar-refractivity contribution < 1.29 is 0 Å². The molecule has 1 aromatic heterocycles. The van der Waals surface area contributed by atoms with E-state index in [0.29, 0.717) is 12.0 Å². The molecule has 1 aromatic rings. The minimum Gasteiger partial charge on any atom is -0.308 e. The number of hydrogen-bond acceptors (Lipinski definition) is 3. The molecule has 2 rings (SSSR count). The highest BCUT2D eigenvalue weighted by Gasteiger charge is 2.42. The van der Waals surface area contributed by atoms with E-state index in [9.17, 15) is 0 Å². The molecule has 5 heteroatoms. The van der Waals surface area contributed by atoms with Crippen molar-refractivity contribution in [2.24, 2.45) is 11.8 Å². The summed E-state index contributed by atoms with van der Waals surface area (Å²) in [6, 6.07) is 0.349. The lowest BCUT2D eigenvalue weighted by Gasteiger charge is -2.21. The monoisotopic (exact) mass is 298 g/mol. The second-order valence-corrected chi connectivity index (χ2v) is 6.62. The van der Waals surface area contributed by atoms with E-state index >= 15 is 0 Å². The fourth-order valence-corrected chi connectivity index (χ4v) is 2.98. The minimum atomic E-state index is 0.349. The highest BCUT2D eigenvalue weighted by molar-refractivity contribution is 6.31. The van der Waals surface area contributed by atoms with E-state index in [-0.39, 0.29) is 0 Å². The fraction of sp³-hybridized carbons (Fsp3) is 0.800. The lowest BCUT2D eigenvalue weighted by molar-refractivity contribution is 0.355. The highest BCUT2D eigenvalue weighted by atomic mass is 35.5. The Morgan fingerprint density at radius 2 is 2.25 bits per heavy atom. The summed E-state index contributed by atoms with van der Waals surface area (Å²) >= 11 is 6.42. The van der Waals surface area contributed by atoms with Crippen LogP contribution in [0, 0.1) is 11.8 Å². The van der Waals surface area contributed by atoms with E-state index in [1.165, 1.54) is 12.1 Å². The number of likely N-dealkylation sites (N-methyl/N-ethyl adjacent to an activating group) is 1. The van der Waals surface area contributed by atoms with Gasteiger partial charge in [-0.05, 0) is 45.3 Å². The average molecular weight is 299 g/mol. The van der Waals surface area contributed by atoms with Crippen LogP contribution in [0.4, 0.5) is 0 Å². The molecular formula is C15H27ClN4. The summed E-state index contributed by atoms with van der Waals surface area (Å²) < 4.78 is 2.08. The average Bonchev–Trinajstić information content (AvgIpc) is 3.00. The zero-order chi connectivity index (χ0) is 14.7. The Morgan fingerprint density at radius 3 is 2.80 bits per heavy atom. The Morgan fingerprint density at radius 1 is 1.55 bits per heavy atom. The molecule has 0 radical (unpaired) electrons. The standard InChI is InChI=1S/C15H27ClN4/c1-5-6-17-14(12-9-11(12)2)15-13(16)10-18-20(15)8-7-19(3)4/h10-12,14,17H,5-9H2,1-4H3. The van der Waals surface area contributed by atoms with Gasteiger partial charge in [0.1, 0.15) is 0 Å². The Hall–Kier alpha value is -0.580. The van der Waals surface area contributed by atoms with Crippen LogP contribution < -0.4 is 5.32 Å². The van der Waals surface area contributed by atoms with Crippen LogP contribution in [-0.2, 0) is 6.54 Å². The zero-order valence-corrected chi connectivity index (χ0v) is 13.8. The van der Waals surface area contributed by atoms with Crippen LogP contribution in [0.25, 0.3) is 0 Å². The van der Waals surface area contributed by atoms with Crippen molar-refractivity contribution >= 4 is 11.6 Å². The van der Waals surface area contributed by atoms with Gasteiger partial charge in [0, 0.05) is 6.54 Å². The summed E-state index contributed by atoms with van der Waals surface area (Å²) in [6.45, 7) is 7.42. The predicted molar refractivity (Wildman–Crippen MR) is 84.1 cm³/mol. The predicted octanol–water partition coefficient (Wildman–Crippen LogP) is 2.79. The summed E-state index contributed by atoms with van der Waals surface area (Å²) in [5.74, 6) is 1.49. The van der Waals surface area contributed by atoms with Crippen molar-refractivity contribution in [2.75, 3.05) is 27.2 Å². The second-order valence-electron chi connectivity index (χ2n) is 6.21. The Balaban J connectivity index is 2.16. The lowest BCUT2D eigenvalue weighted by atomic mass is 10.1. The molecule has 3 unspecified atom stereocenters. The molecule has 3 atom stereocenters. The third kappa shape index (κ3) is 3.74. The van der Waals surface area contributed by atoms with Crippen LogP contribution in [0.15, 0.2) is 6.20 Å². The minimum absolute atomic E-state index is 0.349. The van der Waals surface area contributed by atoms with Crippen LogP contribution in [0.1, 0.15) is 38.4 Å². The molecule has 4 nitrogen and oxygen atoms in total. The van der Waals surface area contributed by atoms with Crippen LogP contribution in [0.3, 0.4) is 0 Å². The number of nitrogens with one attached hydrogen (secondary N) is 1. The normalized spacial score (nSPS) is 23.3. The van der Waals surface area contributed by atoms with Crippen LogP contribution in [0.2, 0.25) is 5.02 Å². The van der Waals surface area contributed by atoms with Gasteiger partial charge in [0.2, 0.25) is 0 Å². The molecule has 20 heavy (non-hydrogen) atoms. The summed E-state index contributed by atoms with van der Waals surface area (Å²) in [7, 11) is 4.17. The quantitative estimate of drug-likeness (QED) is 0.801. The molecule has 0 aromatic carbocycles. The van der Waals surface area contributed by atoms with E-state index in [1.54, 1.807) is 6.20 Å². The van der Waals surface area contributed by atoms with Gasteiger partial charge < -0.3 is 10.2 Å². The number of nitrogens with zero attached hydrogens (tertiary/aromatic N) is 3. The molecule has 0 saturated heterocycles. The summed E-state index contributed by atoms with van der Waals surface area (Å²) in [4.78, 5) is 2.17. The Kier molecular flexibility index (Phi) is 5.47. The van der Waals surface area contributed by atoms with Gasteiger partial charge in [0.25, 0.3) is 0 Å².